The van der Waals surface area contributed by atoms with Crippen molar-refractivity contribution in [2.75, 3.05) is 27.2 Å². The summed E-state index contributed by atoms with van der Waals surface area (Å²) in [6.45, 7) is 6.38. The molecule has 1 aliphatic heterocycles. The number of hydrogen-bond acceptors (Lipinski definition) is 3. The van der Waals surface area contributed by atoms with Gasteiger partial charge < -0.3 is 10.1 Å². The molecule has 0 aromatic heterocycles. The van der Waals surface area contributed by atoms with Crippen LogP contribution < -0.4 is 5.32 Å². The first-order valence-corrected chi connectivity index (χ1v) is 7.16. The predicted molar refractivity (Wildman–Crippen MR) is 79.1 cm³/mol. The van der Waals surface area contributed by atoms with Crippen molar-refractivity contribution in [3.05, 3.63) is 35.4 Å². The highest BCUT2D eigenvalue weighted by Gasteiger charge is 2.30. The number of benzene rings is 1. The van der Waals surface area contributed by atoms with E-state index in [1.165, 1.54) is 24.1 Å². The van der Waals surface area contributed by atoms with Gasteiger partial charge in [0.25, 0.3) is 0 Å². The smallest absolute Gasteiger partial charge is 0.0777 e. The number of likely N-dealkylation sites (tertiary alicyclic amines) is 1. The van der Waals surface area contributed by atoms with E-state index < -0.39 is 0 Å². The molecule has 1 heterocycles. The Morgan fingerprint density at radius 1 is 1.32 bits per heavy atom. The zero-order valence-electron chi connectivity index (χ0n) is 12.4. The van der Waals surface area contributed by atoms with Gasteiger partial charge in [0.05, 0.1) is 5.60 Å². The van der Waals surface area contributed by atoms with Gasteiger partial charge in [0.15, 0.2) is 0 Å². The van der Waals surface area contributed by atoms with E-state index in [1.807, 2.05) is 14.2 Å². The molecule has 0 radical (unpaired) electrons. The molecule has 1 saturated heterocycles. The molecule has 2 rings (SSSR count). The Morgan fingerprint density at radius 3 is 2.74 bits per heavy atom. The summed E-state index contributed by atoms with van der Waals surface area (Å²) in [6, 6.07) is 8.70. The van der Waals surface area contributed by atoms with E-state index in [2.05, 4.69) is 41.4 Å². The fourth-order valence-corrected chi connectivity index (χ4v) is 2.92. The van der Waals surface area contributed by atoms with Crippen LogP contribution in [0.2, 0.25) is 0 Å². The van der Waals surface area contributed by atoms with Crippen LogP contribution in [-0.2, 0) is 17.8 Å². The maximum atomic E-state index is 5.67. The number of nitrogens with one attached hydrogen (secondary N) is 1. The summed E-state index contributed by atoms with van der Waals surface area (Å²) in [5.74, 6) is 0. The Kier molecular flexibility index (Phi) is 4.97. The summed E-state index contributed by atoms with van der Waals surface area (Å²) in [5.41, 5.74) is 2.85. The molecule has 1 aliphatic rings. The van der Waals surface area contributed by atoms with Gasteiger partial charge >= 0.3 is 0 Å². The summed E-state index contributed by atoms with van der Waals surface area (Å²) < 4.78 is 5.67. The quantitative estimate of drug-likeness (QED) is 0.882. The topological polar surface area (TPSA) is 24.5 Å². The molecule has 1 fully saturated rings. The van der Waals surface area contributed by atoms with Gasteiger partial charge in [-0.05, 0) is 44.5 Å². The van der Waals surface area contributed by atoms with Crippen molar-refractivity contribution in [3.8, 4) is 0 Å². The molecule has 0 bridgehead atoms. The minimum absolute atomic E-state index is 0.0240. The van der Waals surface area contributed by atoms with E-state index in [9.17, 15) is 0 Å². The van der Waals surface area contributed by atoms with Crippen molar-refractivity contribution in [3.63, 3.8) is 0 Å². The van der Waals surface area contributed by atoms with Crippen LogP contribution in [0.5, 0.6) is 0 Å². The van der Waals surface area contributed by atoms with Gasteiger partial charge in [-0.2, -0.15) is 0 Å². The Morgan fingerprint density at radius 2 is 2.05 bits per heavy atom. The van der Waals surface area contributed by atoms with Crippen molar-refractivity contribution in [1.29, 1.82) is 0 Å². The average Bonchev–Trinajstić information content (AvgIpc) is 2.41. The third-order valence-electron chi connectivity index (χ3n) is 4.11. The van der Waals surface area contributed by atoms with Gasteiger partial charge in [-0.1, -0.05) is 24.3 Å². The lowest BCUT2D eigenvalue weighted by atomic mass is 9.94. The molecule has 1 N–H and O–H groups in total. The number of hydrogen-bond donors (Lipinski definition) is 1. The molecular formula is C16H26N2O. The van der Waals surface area contributed by atoms with Crippen LogP contribution in [-0.4, -0.2) is 37.7 Å². The highest BCUT2D eigenvalue weighted by Crippen LogP contribution is 2.25. The molecule has 0 saturated carbocycles. The Labute approximate surface area is 116 Å². The zero-order chi connectivity index (χ0) is 13.7. The number of piperidine rings is 1. The fourth-order valence-electron chi connectivity index (χ4n) is 2.92. The van der Waals surface area contributed by atoms with Crippen molar-refractivity contribution < 1.29 is 4.74 Å². The van der Waals surface area contributed by atoms with Crippen LogP contribution in [0.25, 0.3) is 0 Å². The molecule has 1 unspecified atom stereocenters. The first kappa shape index (κ1) is 14.5. The minimum Gasteiger partial charge on any atom is -0.377 e. The van der Waals surface area contributed by atoms with Crippen molar-refractivity contribution >= 4 is 0 Å². The van der Waals surface area contributed by atoms with E-state index >= 15 is 0 Å². The van der Waals surface area contributed by atoms with E-state index in [4.69, 9.17) is 4.74 Å². The lowest BCUT2D eigenvalue weighted by Gasteiger charge is -2.39. The second-order valence-electron chi connectivity index (χ2n) is 5.77. The molecule has 106 valence electrons. The maximum absolute atomic E-state index is 5.67. The first-order chi connectivity index (χ1) is 9.17. The summed E-state index contributed by atoms with van der Waals surface area (Å²) in [6.07, 6.45) is 2.39. The highest BCUT2D eigenvalue weighted by atomic mass is 16.5. The molecule has 3 nitrogen and oxygen atoms in total. The van der Waals surface area contributed by atoms with Crippen LogP contribution in [0.4, 0.5) is 0 Å². The van der Waals surface area contributed by atoms with E-state index in [1.54, 1.807) is 0 Å². The Balaban J connectivity index is 2.04. The number of nitrogens with zero attached hydrogens (tertiary/aromatic N) is 1. The van der Waals surface area contributed by atoms with E-state index in [0.717, 1.165) is 26.1 Å². The van der Waals surface area contributed by atoms with Crippen LogP contribution in [0.1, 0.15) is 30.9 Å². The van der Waals surface area contributed by atoms with Crippen molar-refractivity contribution in [2.45, 2.75) is 38.5 Å². The summed E-state index contributed by atoms with van der Waals surface area (Å²) in [4.78, 5) is 2.52. The zero-order valence-corrected chi connectivity index (χ0v) is 12.4. The largest absolute Gasteiger partial charge is 0.377 e. The number of ether oxygens (including phenoxy) is 1. The maximum Gasteiger partial charge on any atom is 0.0777 e. The summed E-state index contributed by atoms with van der Waals surface area (Å²) in [7, 11) is 3.83. The SMILES string of the molecule is CNCc1ccccc1CN1CCCC(C)(OC)C1. The third kappa shape index (κ3) is 3.78. The standard InChI is InChI=1S/C16H26N2O/c1-16(19-3)9-6-10-18(13-16)12-15-8-5-4-7-14(15)11-17-2/h4-5,7-8,17H,6,9-13H2,1-3H3. The van der Waals surface area contributed by atoms with Crippen LogP contribution >= 0.6 is 0 Å². The molecule has 0 spiro atoms. The van der Waals surface area contributed by atoms with Crippen LogP contribution in [0.15, 0.2) is 24.3 Å². The lowest BCUT2D eigenvalue weighted by Crippen LogP contribution is -2.46. The normalized spacial score (nSPS) is 24.6. The first-order valence-electron chi connectivity index (χ1n) is 7.16. The molecule has 3 heteroatoms. The van der Waals surface area contributed by atoms with Gasteiger partial charge in [0.1, 0.15) is 0 Å². The van der Waals surface area contributed by atoms with Gasteiger partial charge in [-0.15, -0.1) is 0 Å². The molecule has 1 atom stereocenters. The predicted octanol–water partition coefficient (Wildman–Crippen LogP) is 2.41. The molecule has 0 amide bonds. The van der Waals surface area contributed by atoms with Gasteiger partial charge in [-0.25, -0.2) is 0 Å². The molecule has 0 aliphatic carbocycles. The van der Waals surface area contributed by atoms with E-state index in [0.29, 0.717) is 0 Å². The second-order valence-corrected chi connectivity index (χ2v) is 5.77. The summed E-state index contributed by atoms with van der Waals surface area (Å²) in [5, 5.41) is 3.25. The molecule has 1 aromatic carbocycles. The van der Waals surface area contributed by atoms with Gasteiger partial charge in [-0.3, -0.25) is 4.90 Å². The number of rotatable bonds is 5. The second kappa shape index (κ2) is 6.51. The average molecular weight is 262 g/mol. The highest BCUT2D eigenvalue weighted by molar-refractivity contribution is 5.27. The Bertz CT molecular complexity index is 407. The molecule has 1 aromatic rings. The molecule has 19 heavy (non-hydrogen) atoms. The van der Waals surface area contributed by atoms with Crippen LogP contribution in [0, 0.1) is 0 Å². The van der Waals surface area contributed by atoms with Crippen molar-refractivity contribution in [2.24, 2.45) is 0 Å². The third-order valence-corrected chi connectivity index (χ3v) is 4.11. The van der Waals surface area contributed by atoms with Gasteiger partial charge in [0.2, 0.25) is 0 Å². The lowest BCUT2D eigenvalue weighted by molar-refractivity contribution is -0.0527. The Hall–Kier alpha value is -0.900. The fraction of sp³-hybridized carbons (Fsp3) is 0.625. The summed E-state index contributed by atoms with van der Waals surface area (Å²) >= 11 is 0. The number of methoxy groups -OCH3 is 1. The van der Waals surface area contributed by atoms with Crippen molar-refractivity contribution in [1.82, 2.24) is 10.2 Å². The van der Waals surface area contributed by atoms with Gasteiger partial charge in [0, 0.05) is 26.7 Å². The van der Waals surface area contributed by atoms with E-state index in [-0.39, 0.29) is 5.60 Å². The molecular weight excluding hydrogens is 236 g/mol. The monoisotopic (exact) mass is 262 g/mol. The minimum atomic E-state index is 0.0240. The van der Waals surface area contributed by atoms with Crippen LogP contribution in [0.3, 0.4) is 0 Å².